The lowest BCUT2D eigenvalue weighted by molar-refractivity contribution is 0.159. The molecule has 3 aliphatic rings. The minimum Gasteiger partial charge on any atom is -0.425 e. The van der Waals surface area contributed by atoms with Crippen LogP contribution in [0.15, 0.2) is 206 Å². The van der Waals surface area contributed by atoms with Gasteiger partial charge in [-0.2, -0.15) is 0 Å². The molecule has 0 bridgehead atoms. The first kappa shape index (κ1) is 38.9. The van der Waals surface area contributed by atoms with Gasteiger partial charge in [0.25, 0.3) is 0 Å². The summed E-state index contributed by atoms with van der Waals surface area (Å²) < 4.78 is 42.0. The second-order valence-electron chi connectivity index (χ2n) is 15.6. The molecule has 0 N–H and O–H groups in total. The van der Waals surface area contributed by atoms with Crippen LogP contribution in [0.1, 0.15) is 57.8 Å². The van der Waals surface area contributed by atoms with E-state index < -0.39 is 17.2 Å². The van der Waals surface area contributed by atoms with E-state index >= 15 is 0 Å². The van der Waals surface area contributed by atoms with Crippen molar-refractivity contribution in [3.8, 4) is 44.9 Å². The molecule has 2 heterocycles. The van der Waals surface area contributed by atoms with Gasteiger partial charge in [0.2, 0.25) is 0 Å². The van der Waals surface area contributed by atoms with Crippen molar-refractivity contribution in [2.24, 2.45) is 0 Å². The van der Waals surface area contributed by atoms with Crippen LogP contribution in [-0.2, 0) is 30.9 Å². The van der Waals surface area contributed by atoms with Gasteiger partial charge in [0, 0.05) is 22.3 Å². The summed E-state index contributed by atoms with van der Waals surface area (Å²) in [7, 11) is -3.76. The highest BCUT2D eigenvalue weighted by atomic mass is 31.2. The molecule has 6 nitrogen and oxygen atoms in total. The fourth-order valence-electron chi connectivity index (χ4n) is 8.75. The Balaban J connectivity index is 1.06. The third kappa shape index (κ3) is 7.65. The first-order valence-corrected chi connectivity index (χ1v) is 23.2. The van der Waals surface area contributed by atoms with Crippen LogP contribution in [0.25, 0.3) is 33.4 Å². The molecule has 0 amide bonds. The Hall–Kier alpha value is -5.94. The van der Waals surface area contributed by atoms with E-state index in [0.29, 0.717) is 11.5 Å². The molecule has 1 aliphatic carbocycles. The first-order chi connectivity index (χ1) is 30.7. The fourth-order valence-corrected chi connectivity index (χ4v) is 11.4. The minimum atomic E-state index is -1.88. The Morgan fingerprint density at radius 1 is 0.323 bits per heavy atom. The molecule has 11 rings (SSSR count). The number of hydrogen-bond donors (Lipinski definition) is 0. The van der Waals surface area contributed by atoms with Gasteiger partial charge in [-0.25, -0.2) is 0 Å². The molecule has 0 unspecified atom stereocenters. The van der Waals surface area contributed by atoms with Gasteiger partial charge in [0.05, 0.1) is 0 Å². The summed E-state index contributed by atoms with van der Waals surface area (Å²) in [6, 6.07) is 70.7. The lowest BCUT2D eigenvalue weighted by Gasteiger charge is -2.29. The van der Waals surface area contributed by atoms with E-state index in [2.05, 4.69) is 121 Å². The predicted molar refractivity (Wildman–Crippen MR) is 246 cm³/mol. The Kier molecular flexibility index (Phi) is 11.0. The minimum absolute atomic E-state index is 0.366. The molecule has 2 aliphatic heterocycles. The summed E-state index contributed by atoms with van der Waals surface area (Å²) in [6.45, 7) is 0. The number of rotatable bonds is 10. The molecule has 0 radical (unpaired) electrons. The second kappa shape index (κ2) is 17.4. The molecule has 8 aromatic carbocycles. The molecule has 8 heteroatoms. The quantitative estimate of drug-likeness (QED) is 0.128. The van der Waals surface area contributed by atoms with Crippen molar-refractivity contribution in [1.29, 1.82) is 0 Å². The van der Waals surface area contributed by atoms with Crippen molar-refractivity contribution in [3.63, 3.8) is 0 Å². The lowest BCUT2D eigenvalue weighted by Crippen LogP contribution is -2.09. The topological polar surface area (TPSA) is 55.4 Å². The average molecular weight is 849 g/mol. The van der Waals surface area contributed by atoms with Gasteiger partial charge in [0.15, 0.2) is 0 Å². The summed E-state index contributed by atoms with van der Waals surface area (Å²) in [5.41, 5.74) is 12.3. The largest absolute Gasteiger partial charge is 0.425 e. The standard InChI is InChI=1S/C54H42O6P2/c1-7-19-37(20-8-1)45-35-33-39-31-32-40-34-36-46(38-21-9-2-10-22-38)54(60-62-57-51(43-27-15-5-16-28-43)52(58-62)44-29-17-6-18-30-44)48(40)47(39)53(45)59-61-55-49(41-23-11-3-12-24-41)50(56-61)42-25-13-4-14-26-42/h1-30,33-36,49-52H,31-32H2/t49-,50-,51-,52-/m0/s1. The van der Waals surface area contributed by atoms with Gasteiger partial charge in [-0.1, -0.05) is 206 Å². The van der Waals surface area contributed by atoms with E-state index in [4.69, 9.17) is 27.1 Å². The van der Waals surface area contributed by atoms with Crippen molar-refractivity contribution in [3.05, 3.63) is 240 Å². The summed E-state index contributed by atoms with van der Waals surface area (Å²) in [4.78, 5) is 0. The molecular formula is C54H42O6P2. The summed E-state index contributed by atoms with van der Waals surface area (Å²) in [5.74, 6) is 1.39. The Morgan fingerprint density at radius 2 is 0.597 bits per heavy atom. The maximum Gasteiger partial charge on any atom is 0.398 e. The van der Waals surface area contributed by atoms with Crippen molar-refractivity contribution in [2.45, 2.75) is 37.3 Å². The van der Waals surface area contributed by atoms with E-state index in [1.54, 1.807) is 0 Å². The van der Waals surface area contributed by atoms with Crippen LogP contribution in [-0.4, -0.2) is 0 Å². The maximum absolute atomic E-state index is 7.25. The van der Waals surface area contributed by atoms with E-state index in [1.807, 2.05) is 84.9 Å². The number of hydrogen-bond acceptors (Lipinski definition) is 6. The van der Waals surface area contributed by atoms with Crippen LogP contribution in [0.5, 0.6) is 11.5 Å². The molecule has 8 aromatic rings. The van der Waals surface area contributed by atoms with E-state index in [-0.39, 0.29) is 24.4 Å². The van der Waals surface area contributed by atoms with Crippen LogP contribution < -0.4 is 9.05 Å². The van der Waals surface area contributed by atoms with Crippen molar-refractivity contribution in [2.75, 3.05) is 0 Å². The Morgan fingerprint density at radius 3 is 0.887 bits per heavy atom. The molecule has 0 saturated carbocycles. The van der Waals surface area contributed by atoms with Gasteiger partial charge in [0.1, 0.15) is 35.9 Å². The average Bonchev–Trinajstić information content (AvgIpc) is 3.98. The summed E-state index contributed by atoms with van der Waals surface area (Å²) >= 11 is 0. The van der Waals surface area contributed by atoms with E-state index in [9.17, 15) is 0 Å². The highest BCUT2D eigenvalue weighted by Crippen LogP contribution is 2.65. The highest BCUT2D eigenvalue weighted by Gasteiger charge is 2.44. The molecule has 2 fully saturated rings. The van der Waals surface area contributed by atoms with Crippen LogP contribution in [0, 0.1) is 0 Å². The lowest BCUT2D eigenvalue weighted by atomic mass is 9.81. The number of fused-ring (bicyclic) bond motifs is 3. The number of benzene rings is 8. The molecule has 0 aromatic heterocycles. The molecule has 0 spiro atoms. The van der Waals surface area contributed by atoms with E-state index in [0.717, 1.165) is 79.6 Å². The Labute approximate surface area is 364 Å². The van der Waals surface area contributed by atoms with Crippen LogP contribution in [0.3, 0.4) is 0 Å². The van der Waals surface area contributed by atoms with Gasteiger partial charge >= 0.3 is 17.2 Å². The summed E-state index contributed by atoms with van der Waals surface area (Å²) in [5, 5.41) is 0. The summed E-state index contributed by atoms with van der Waals surface area (Å²) in [6.07, 6.45) is 0.185. The molecule has 62 heavy (non-hydrogen) atoms. The monoisotopic (exact) mass is 848 g/mol. The van der Waals surface area contributed by atoms with Crippen LogP contribution in [0.4, 0.5) is 0 Å². The van der Waals surface area contributed by atoms with Crippen molar-refractivity contribution >= 4 is 17.2 Å². The van der Waals surface area contributed by atoms with Gasteiger partial charge in [-0.3, -0.25) is 18.1 Å². The molecule has 2 saturated heterocycles. The van der Waals surface area contributed by atoms with Crippen molar-refractivity contribution < 1.29 is 27.1 Å². The van der Waals surface area contributed by atoms with Crippen molar-refractivity contribution in [1.82, 2.24) is 0 Å². The Bertz CT molecular complexity index is 2490. The zero-order chi connectivity index (χ0) is 41.2. The first-order valence-electron chi connectivity index (χ1n) is 21.0. The molecule has 4 atom stereocenters. The third-order valence-electron chi connectivity index (χ3n) is 11.8. The van der Waals surface area contributed by atoms with Crippen LogP contribution in [0.2, 0.25) is 0 Å². The predicted octanol–water partition coefficient (Wildman–Crippen LogP) is 15.1. The second-order valence-corrected chi connectivity index (χ2v) is 17.7. The van der Waals surface area contributed by atoms with Gasteiger partial charge in [-0.15, -0.1) is 0 Å². The van der Waals surface area contributed by atoms with Crippen LogP contribution >= 0.6 is 17.2 Å². The molecular weight excluding hydrogens is 807 g/mol. The maximum atomic E-state index is 7.25. The third-order valence-corrected chi connectivity index (χ3v) is 14.0. The number of aryl methyl sites for hydroxylation is 2. The zero-order valence-electron chi connectivity index (χ0n) is 33.7. The van der Waals surface area contributed by atoms with Gasteiger partial charge < -0.3 is 9.05 Å². The van der Waals surface area contributed by atoms with E-state index in [1.165, 1.54) is 0 Å². The zero-order valence-corrected chi connectivity index (χ0v) is 35.5. The normalized spacial score (nSPS) is 19.7. The SMILES string of the molecule is c1ccc(-c2ccc3c(c2OP2O[C@@H](c4ccccc4)[C@H](c4ccccc4)O2)-c2c(ccc(-c4ccccc4)c2OP2O[C@@H](c4ccccc4)[C@H](c4ccccc4)O2)CC3)cc1. The molecule has 304 valence electrons. The highest BCUT2D eigenvalue weighted by molar-refractivity contribution is 7.42. The smallest absolute Gasteiger partial charge is 0.398 e. The van der Waals surface area contributed by atoms with Gasteiger partial charge in [-0.05, 0) is 57.3 Å². The fraction of sp³-hybridized carbons (Fsp3) is 0.111.